The van der Waals surface area contributed by atoms with Crippen molar-refractivity contribution in [1.29, 1.82) is 0 Å². The highest BCUT2D eigenvalue weighted by Gasteiger charge is 2.10. The number of aromatic nitrogens is 2. The summed E-state index contributed by atoms with van der Waals surface area (Å²) >= 11 is 0. The lowest BCUT2D eigenvalue weighted by Crippen LogP contribution is -2.09. The molecule has 0 saturated carbocycles. The maximum absolute atomic E-state index is 6.01. The van der Waals surface area contributed by atoms with Gasteiger partial charge in [-0.05, 0) is 30.5 Å². The van der Waals surface area contributed by atoms with E-state index in [1.54, 1.807) is 18.6 Å². The largest absolute Gasteiger partial charge is 0.490 e. The van der Waals surface area contributed by atoms with E-state index >= 15 is 0 Å². The highest BCUT2D eigenvalue weighted by molar-refractivity contribution is 5.63. The quantitative estimate of drug-likeness (QED) is 0.627. The molecule has 124 valence electrons. The Morgan fingerprint density at radius 3 is 2.65 bits per heavy atom. The van der Waals surface area contributed by atoms with Gasteiger partial charge < -0.3 is 9.47 Å². The van der Waals surface area contributed by atoms with Crippen LogP contribution in [0.2, 0.25) is 0 Å². The molecule has 23 heavy (non-hydrogen) atoms. The molecule has 1 aromatic heterocycles. The number of hydrogen-bond donors (Lipinski definition) is 0. The molecular formula is C19H26N2O2. The first kappa shape index (κ1) is 17.3. The van der Waals surface area contributed by atoms with Crippen LogP contribution in [-0.4, -0.2) is 23.2 Å². The molecule has 0 spiro atoms. The number of rotatable bonds is 9. The molecule has 0 N–H and O–H groups in total. The lowest BCUT2D eigenvalue weighted by Gasteiger charge is -2.16. The topological polar surface area (TPSA) is 44.2 Å². The molecule has 1 atom stereocenters. The van der Waals surface area contributed by atoms with Crippen LogP contribution in [0.5, 0.6) is 11.5 Å². The fourth-order valence-electron chi connectivity index (χ4n) is 2.02. The van der Waals surface area contributed by atoms with Crippen LogP contribution >= 0.6 is 0 Å². The van der Waals surface area contributed by atoms with Crippen LogP contribution in [0.25, 0.3) is 11.3 Å². The van der Waals surface area contributed by atoms with Gasteiger partial charge in [-0.15, -0.1) is 0 Å². The molecule has 1 heterocycles. The van der Waals surface area contributed by atoms with E-state index < -0.39 is 0 Å². The Kier molecular flexibility index (Phi) is 6.85. The van der Waals surface area contributed by atoms with E-state index in [1.807, 2.05) is 18.2 Å². The van der Waals surface area contributed by atoms with E-state index in [0.29, 0.717) is 19.1 Å². The van der Waals surface area contributed by atoms with Gasteiger partial charge in [-0.3, -0.25) is 9.97 Å². The van der Waals surface area contributed by atoms with Crippen molar-refractivity contribution in [3.63, 3.8) is 0 Å². The van der Waals surface area contributed by atoms with Crippen LogP contribution in [0.1, 0.15) is 40.0 Å². The predicted molar refractivity (Wildman–Crippen MR) is 92.8 cm³/mol. The summed E-state index contributed by atoms with van der Waals surface area (Å²) < 4.78 is 11.9. The Balaban J connectivity index is 2.20. The zero-order valence-corrected chi connectivity index (χ0v) is 14.3. The summed E-state index contributed by atoms with van der Waals surface area (Å²) in [5.41, 5.74) is 1.82. The van der Waals surface area contributed by atoms with E-state index in [2.05, 4.69) is 30.7 Å². The second kappa shape index (κ2) is 9.13. The molecule has 0 bridgehead atoms. The molecule has 0 saturated heterocycles. The van der Waals surface area contributed by atoms with Crippen LogP contribution in [0, 0.1) is 5.92 Å². The first-order valence-electron chi connectivity index (χ1n) is 8.40. The fourth-order valence-corrected chi connectivity index (χ4v) is 2.02. The smallest absolute Gasteiger partial charge is 0.161 e. The Hall–Kier alpha value is -2.10. The van der Waals surface area contributed by atoms with Crippen molar-refractivity contribution in [3.8, 4) is 22.8 Å². The second-order valence-electron chi connectivity index (χ2n) is 5.78. The summed E-state index contributed by atoms with van der Waals surface area (Å²) in [6, 6.07) is 5.96. The SMILES string of the molecule is CCCCOc1ccc(-c2cnccn2)cc1OCC(C)CC. The minimum absolute atomic E-state index is 0.513. The summed E-state index contributed by atoms with van der Waals surface area (Å²) in [6.07, 6.45) is 8.37. The maximum Gasteiger partial charge on any atom is 0.161 e. The molecule has 4 nitrogen and oxygen atoms in total. The molecular weight excluding hydrogens is 288 g/mol. The summed E-state index contributed by atoms with van der Waals surface area (Å²) in [6.45, 7) is 7.90. The van der Waals surface area contributed by atoms with E-state index in [1.165, 1.54) is 0 Å². The lowest BCUT2D eigenvalue weighted by molar-refractivity contribution is 0.233. The minimum atomic E-state index is 0.513. The van der Waals surface area contributed by atoms with Gasteiger partial charge in [0.1, 0.15) is 0 Å². The van der Waals surface area contributed by atoms with Gasteiger partial charge in [-0.25, -0.2) is 0 Å². The third-order valence-electron chi connectivity index (χ3n) is 3.78. The number of unbranched alkanes of at least 4 members (excludes halogenated alkanes) is 1. The molecule has 0 amide bonds. The average Bonchev–Trinajstić information content (AvgIpc) is 2.61. The van der Waals surface area contributed by atoms with Gasteiger partial charge in [0.05, 0.1) is 25.1 Å². The van der Waals surface area contributed by atoms with Crippen LogP contribution in [0.3, 0.4) is 0 Å². The third kappa shape index (κ3) is 5.23. The van der Waals surface area contributed by atoms with Crippen molar-refractivity contribution in [2.75, 3.05) is 13.2 Å². The number of benzene rings is 1. The predicted octanol–water partition coefficient (Wildman–Crippen LogP) is 4.75. The Bertz CT molecular complexity index is 587. The Labute approximate surface area is 138 Å². The van der Waals surface area contributed by atoms with Crippen molar-refractivity contribution < 1.29 is 9.47 Å². The molecule has 0 aliphatic rings. The molecule has 2 rings (SSSR count). The molecule has 4 heteroatoms. The van der Waals surface area contributed by atoms with E-state index in [-0.39, 0.29) is 0 Å². The van der Waals surface area contributed by atoms with E-state index in [4.69, 9.17) is 9.47 Å². The molecule has 1 unspecified atom stereocenters. The van der Waals surface area contributed by atoms with E-state index in [9.17, 15) is 0 Å². The van der Waals surface area contributed by atoms with Crippen LogP contribution in [-0.2, 0) is 0 Å². The highest BCUT2D eigenvalue weighted by Crippen LogP contribution is 2.32. The van der Waals surface area contributed by atoms with Gasteiger partial charge in [-0.2, -0.15) is 0 Å². The monoisotopic (exact) mass is 314 g/mol. The second-order valence-corrected chi connectivity index (χ2v) is 5.78. The summed E-state index contributed by atoms with van der Waals surface area (Å²) in [5.74, 6) is 2.10. The fraction of sp³-hybridized carbons (Fsp3) is 0.474. The van der Waals surface area contributed by atoms with Gasteiger partial charge in [0, 0.05) is 18.0 Å². The molecule has 0 fully saturated rings. The maximum atomic E-state index is 6.01. The van der Waals surface area contributed by atoms with Crippen molar-refractivity contribution in [1.82, 2.24) is 9.97 Å². The Morgan fingerprint density at radius 1 is 1.09 bits per heavy atom. The van der Waals surface area contributed by atoms with Gasteiger partial charge in [0.25, 0.3) is 0 Å². The molecule has 1 aromatic carbocycles. The number of hydrogen-bond acceptors (Lipinski definition) is 4. The molecule has 0 radical (unpaired) electrons. The molecule has 2 aromatic rings. The van der Waals surface area contributed by atoms with Crippen LogP contribution < -0.4 is 9.47 Å². The summed E-state index contributed by atoms with van der Waals surface area (Å²) in [4.78, 5) is 8.47. The summed E-state index contributed by atoms with van der Waals surface area (Å²) in [5, 5.41) is 0. The third-order valence-corrected chi connectivity index (χ3v) is 3.78. The highest BCUT2D eigenvalue weighted by atomic mass is 16.5. The molecule has 0 aliphatic carbocycles. The Morgan fingerprint density at radius 2 is 1.96 bits per heavy atom. The first-order chi connectivity index (χ1) is 11.2. The zero-order chi connectivity index (χ0) is 16.5. The summed E-state index contributed by atoms with van der Waals surface area (Å²) in [7, 11) is 0. The van der Waals surface area contributed by atoms with E-state index in [0.717, 1.165) is 42.0 Å². The van der Waals surface area contributed by atoms with Crippen molar-refractivity contribution in [2.24, 2.45) is 5.92 Å². The zero-order valence-electron chi connectivity index (χ0n) is 14.3. The first-order valence-corrected chi connectivity index (χ1v) is 8.40. The van der Waals surface area contributed by atoms with Gasteiger partial charge >= 0.3 is 0 Å². The minimum Gasteiger partial charge on any atom is -0.490 e. The van der Waals surface area contributed by atoms with Gasteiger partial charge in [-0.1, -0.05) is 33.6 Å². The van der Waals surface area contributed by atoms with Crippen molar-refractivity contribution >= 4 is 0 Å². The standard InChI is InChI=1S/C19H26N2O2/c1-4-6-11-22-18-8-7-16(17-13-20-9-10-21-17)12-19(18)23-14-15(3)5-2/h7-10,12-13,15H,4-6,11,14H2,1-3H3. The van der Waals surface area contributed by atoms with Crippen LogP contribution in [0.15, 0.2) is 36.8 Å². The lowest BCUT2D eigenvalue weighted by atomic mass is 10.1. The van der Waals surface area contributed by atoms with Gasteiger partial charge in [0.2, 0.25) is 0 Å². The average molecular weight is 314 g/mol. The van der Waals surface area contributed by atoms with Crippen molar-refractivity contribution in [2.45, 2.75) is 40.0 Å². The number of nitrogens with zero attached hydrogens (tertiary/aromatic N) is 2. The normalized spacial score (nSPS) is 12.0. The van der Waals surface area contributed by atoms with Crippen molar-refractivity contribution in [3.05, 3.63) is 36.8 Å². The van der Waals surface area contributed by atoms with Gasteiger partial charge in [0.15, 0.2) is 11.5 Å². The number of ether oxygens (including phenoxy) is 2. The van der Waals surface area contributed by atoms with Crippen LogP contribution in [0.4, 0.5) is 0 Å². The molecule has 0 aliphatic heterocycles.